The van der Waals surface area contributed by atoms with E-state index in [9.17, 15) is 0 Å². The van der Waals surface area contributed by atoms with Crippen molar-refractivity contribution in [1.82, 2.24) is 9.55 Å². The molecule has 0 amide bonds. The lowest BCUT2D eigenvalue weighted by atomic mass is 9.97. The molecule has 78 valence electrons. The lowest BCUT2D eigenvalue weighted by Gasteiger charge is -2.21. The van der Waals surface area contributed by atoms with E-state index in [1.165, 1.54) is 19.3 Å². The molecule has 14 heavy (non-hydrogen) atoms. The van der Waals surface area contributed by atoms with Crippen LogP contribution >= 0.6 is 0 Å². The van der Waals surface area contributed by atoms with Gasteiger partial charge in [-0.3, -0.25) is 0 Å². The molecule has 0 atom stereocenters. The molecular weight excluding hydrogens is 178 g/mol. The zero-order valence-electron chi connectivity index (χ0n) is 8.35. The van der Waals surface area contributed by atoms with Gasteiger partial charge in [-0.1, -0.05) is 0 Å². The Hall–Kier alpha value is -1.03. The molecule has 2 N–H and O–H groups in total. The second kappa shape index (κ2) is 4.46. The Morgan fingerprint density at radius 1 is 1.50 bits per heavy atom. The topological polar surface area (TPSA) is 53.1 Å². The van der Waals surface area contributed by atoms with Crippen LogP contribution in [0.4, 0.5) is 5.82 Å². The molecular formula is C10H17N3O. The van der Waals surface area contributed by atoms with Gasteiger partial charge in [-0.25, -0.2) is 4.98 Å². The minimum atomic E-state index is 0.608. The fourth-order valence-electron chi connectivity index (χ4n) is 1.87. The Morgan fingerprint density at radius 2 is 2.29 bits per heavy atom. The third-order valence-corrected chi connectivity index (χ3v) is 2.79. The quantitative estimate of drug-likeness (QED) is 0.790. The number of nitrogen functional groups attached to an aromatic ring is 1. The van der Waals surface area contributed by atoms with E-state index in [2.05, 4.69) is 9.55 Å². The molecule has 4 nitrogen and oxygen atoms in total. The predicted octanol–water partition coefficient (Wildman–Crippen LogP) is 1.28. The zero-order valence-corrected chi connectivity index (χ0v) is 8.35. The van der Waals surface area contributed by atoms with Gasteiger partial charge in [-0.2, -0.15) is 0 Å². The maximum atomic E-state index is 5.54. The van der Waals surface area contributed by atoms with E-state index in [0.29, 0.717) is 5.82 Å². The fraction of sp³-hybridized carbons (Fsp3) is 0.700. The number of hydrogen-bond acceptors (Lipinski definition) is 3. The predicted molar refractivity (Wildman–Crippen MR) is 54.8 cm³/mol. The number of hydrogen-bond donors (Lipinski definition) is 1. The Morgan fingerprint density at radius 3 is 2.93 bits per heavy atom. The average Bonchev–Trinajstić information content (AvgIpc) is 2.63. The van der Waals surface area contributed by atoms with E-state index in [4.69, 9.17) is 10.5 Å². The zero-order chi connectivity index (χ0) is 9.80. The summed E-state index contributed by atoms with van der Waals surface area (Å²) >= 11 is 0. The van der Waals surface area contributed by atoms with Crippen LogP contribution in [0.25, 0.3) is 0 Å². The molecule has 2 rings (SSSR count). The van der Waals surface area contributed by atoms with Crippen molar-refractivity contribution in [1.29, 1.82) is 0 Å². The Labute approximate surface area is 84.1 Å². The van der Waals surface area contributed by atoms with Crippen LogP contribution in [-0.4, -0.2) is 22.8 Å². The maximum absolute atomic E-state index is 5.54. The van der Waals surface area contributed by atoms with Gasteiger partial charge in [0.15, 0.2) is 0 Å². The van der Waals surface area contributed by atoms with Crippen LogP contribution in [-0.2, 0) is 11.3 Å². The minimum absolute atomic E-state index is 0.608. The highest BCUT2D eigenvalue weighted by atomic mass is 16.5. The van der Waals surface area contributed by atoms with Crippen LogP contribution in [0.3, 0.4) is 0 Å². The summed E-state index contributed by atoms with van der Waals surface area (Å²) in [5.74, 6) is 1.42. The van der Waals surface area contributed by atoms with Gasteiger partial charge in [-0.05, 0) is 25.2 Å². The minimum Gasteiger partial charge on any atom is -0.382 e. The molecule has 1 saturated heterocycles. The number of aromatic nitrogens is 2. The molecule has 1 aliphatic heterocycles. The molecule has 4 heteroatoms. The molecule has 2 heterocycles. The number of ether oxygens (including phenoxy) is 1. The highest BCUT2D eigenvalue weighted by molar-refractivity contribution is 5.22. The summed E-state index contributed by atoms with van der Waals surface area (Å²) < 4.78 is 7.38. The highest BCUT2D eigenvalue weighted by Crippen LogP contribution is 2.19. The first-order valence-electron chi connectivity index (χ1n) is 5.19. The van der Waals surface area contributed by atoms with Crippen molar-refractivity contribution in [2.45, 2.75) is 25.8 Å². The first-order chi connectivity index (χ1) is 6.84. The fourth-order valence-corrected chi connectivity index (χ4v) is 1.87. The van der Waals surface area contributed by atoms with Gasteiger partial charge < -0.3 is 15.0 Å². The van der Waals surface area contributed by atoms with E-state index >= 15 is 0 Å². The van der Waals surface area contributed by atoms with Crippen LogP contribution in [0.2, 0.25) is 0 Å². The van der Waals surface area contributed by atoms with E-state index < -0.39 is 0 Å². The summed E-state index contributed by atoms with van der Waals surface area (Å²) in [7, 11) is 0. The van der Waals surface area contributed by atoms with Crippen molar-refractivity contribution in [3.63, 3.8) is 0 Å². The van der Waals surface area contributed by atoms with Crippen molar-refractivity contribution in [2.75, 3.05) is 18.9 Å². The summed E-state index contributed by atoms with van der Waals surface area (Å²) in [5, 5.41) is 0. The molecule has 0 bridgehead atoms. The van der Waals surface area contributed by atoms with Crippen molar-refractivity contribution in [3.05, 3.63) is 12.5 Å². The molecule has 1 fully saturated rings. The molecule has 0 spiro atoms. The Balaban J connectivity index is 1.76. The first-order valence-corrected chi connectivity index (χ1v) is 5.19. The molecule has 0 aliphatic carbocycles. The molecule has 1 aromatic rings. The average molecular weight is 195 g/mol. The Kier molecular flexibility index (Phi) is 3.03. The van der Waals surface area contributed by atoms with Gasteiger partial charge in [0, 0.05) is 26.0 Å². The summed E-state index contributed by atoms with van der Waals surface area (Å²) in [6, 6.07) is 0. The number of nitrogens with two attached hydrogens (primary N) is 1. The van der Waals surface area contributed by atoms with Gasteiger partial charge in [0.2, 0.25) is 0 Å². The first kappa shape index (κ1) is 9.52. The largest absolute Gasteiger partial charge is 0.382 e. The third-order valence-electron chi connectivity index (χ3n) is 2.79. The van der Waals surface area contributed by atoms with Crippen molar-refractivity contribution < 1.29 is 4.74 Å². The number of imidazole rings is 1. The molecule has 1 aliphatic rings. The summed E-state index contributed by atoms with van der Waals surface area (Å²) in [4.78, 5) is 4.00. The summed E-state index contributed by atoms with van der Waals surface area (Å²) in [6.07, 6.45) is 7.29. The maximum Gasteiger partial charge on any atom is 0.141 e. The monoisotopic (exact) mass is 195 g/mol. The SMILES string of the molecule is Nc1cn(CCC2CCOCC2)cn1. The Bertz CT molecular complexity index is 279. The molecule has 0 unspecified atom stereocenters. The van der Waals surface area contributed by atoms with Crippen LogP contribution in [0.15, 0.2) is 12.5 Å². The molecule has 0 saturated carbocycles. The van der Waals surface area contributed by atoms with Crippen molar-refractivity contribution in [3.8, 4) is 0 Å². The standard InChI is InChI=1S/C10H17N3O/c11-10-7-13(8-12-10)4-1-9-2-5-14-6-3-9/h7-9H,1-6,11H2. The van der Waals surface area contributed by atoms with E-state index in [1.54, 1.807) is 6.33 Å². The van der Waals surface area contributed by atoms with Crippen LogP contribution in [0.1, 0.15) is 19.3 Å². The van der Waals surface area contributed by atoms with Crippen LogP contribution < -0.4 is 5.73 Å². The smallest absolute Gasteiger partial charge is 0.141 e. The number of aryl methyl sites for hydroxylation is 1. The lowest BCUT2D eigenvalue weighted by molar-refractivity contribution is 0.0626. The summed E-state index contributed by atoms with van der Waals surface area (Å²) in [5.41, 5.74) is 5.54. The lowest BCUT2D eigenvalue weighted by Crippen LogP contribution is -2.17. The van der Waals surface area contributed by atoms with Crippen LogP contribution in [0.5, 0.6) is 0 Å². The molecule has 1 aromatic heterocycles. The molecule has 0 radical (unpaired) electrons. The van der Waals surface area contributed by atoms with Gasteiger partial charge in [-0.15, -0.1) is 0 Å². The van der Waals surface area contributed by atoms with Gasteiger partial charge in [0.25, 0.3) is 0 Å². The van der Waals surface area contributed by atoms with Gasteiger partial charge in [0.1, 0.15) is 5.82 Å². The van der Waals surface area contributed by atoms with Crippen molar-refractivity contribution in [2.24, 2.45) is 5.92 Å². The molecule has 0 aromatic carbocycles. The normalized spacial score (nSPS) is 18.6. The highest BCUT2D eigenvalue weighted by Gasteiger charge is 2.13. The van der Waals surface area contributed by atoms with Gasteiger partial charge in [0.05, 0.1) is 6.33 Å². The third kappa shape index (κ3) is 2.48. The number of anilines is 1. The van der Waals surface area contributed by atoms with E-state index in [0.717, 1.165) is 25.7 Å². The number of rotatable bonds is 3. The van der Waals surface area contributed by atoms with E-state index in [1.807, 2.05) is 6.20 Å². The second-order valence-corrected chi connectivity index (χ2v) is 3.88. The summed E-state index contributed by atoms with van der Waals surface area (Å²) in [6.45, 7) is 2.88. The second-order valence-electron chi connectivity index (χ2n) is 3.88. The number of nitrogens with zero attached hydrogens (tertiary/aromatic N) is 2. The van der Waals surface area contributed by atoms with E-state index in [-0.39, 0.29) is 0 Å². The van der Waals surface area contributed by atoms with Gasteiger partial charge >= 0.3 is 0 Å². The van der Waals surface area contributed by atoms with Crippen molar-refractivity contribution >= 4 is 5.82 Å². The van der Waals surface area contributed by atoms with Crippen LogP contribution in [0, 0.1) is 5.92 Å².